The molecule has 0 unspecified atom stereocenters. The Labute approximate surface area is 215 Å². The van der Waals surface area contributed by atoms with Crippen LogP contribution < -0.4 is 4.90 Å². The number of carboxylic acids is 1. The molecule has 1 fully saturated rings. The van der Waals surface area contributed by atoms with Crippen molar-refractivity contribution in [1.29, 1.82) is 5.26 Å². The number of anilines is 1. The summed E-state index contributed by atoms with van der Waals surface area (Å²) in [4.78, 5) is 38.0. The number of piperidine rings is 1. The molecule has 3 aromatic heterocycles. The van der Waals surface area contributed by atoms with E-state index in [2.05, 4.69) is 15.0 Å². The molecule has 0 aliphatic carbocycles. The minimum absolute atomic E-state index is 0.0195. The molecule has 1 aliphatic heterocycles. The van der Waals surface area contributed by atoms with Crippen molar-refractivity contribution in [2.45, 2.75) is 32.8 Å². The number of hydrogen-bond acceptors (Lipinski definition) is 8. The number of nitrogens with one attached hydrogen (secondary N) is 1. The second kappa shape index (κ2) is 10.7. The van der Waals surface area contributed by atoms with Gasteiger partial charge in [0, 0.05) is 38.0 Å². The normalized spacial score (nSPS) is 17.7. The van der Waals surface area contributed by atoms with E-state index in [9.17, 15) is 24.3 Å². The molecule has 0 radical (unpaired) electrons. The predicted molar refractivity (Wildman–Crippen MR) is 132 cm³/mol. The predicted octanol–water partition coefficient (Wildman–Crippen LogP) is 4.71. The van der Waals surface area contributed by atoms with Gasteiger partial charge >= 0.3 is 5.97 Å². The number of nitriles is 1. The maximum atomic E-state index is 14.3. The van der Waals surface area contributed by atoms with Crippen LogP contribution in [0.1, 0.15) is 51.2 Å². The summed E-state index contributed by atoms with van der Waals surface area (Å²) in [5, 5.41) is 19.8. The van der Waals surface area contributed by atoms with Crippen molar-refractivity contribution in [1.82, 2.24) is 15.0 Å². The number of Topliss-reactive ketones (excluding diaryl/α,β-unsaturated/α-hetero) is 1. The van der Waals surface area contributed by atoms with Crippen LogP contribution >= 0.6 is 22.9 Å². The highest BCUT2D eigenvalue weighted by atomic mass is 35.5. The van der Waals surface area contributed by atoms with Crippen molar-refractivity contribution >= 4 is 39.8 Å². The number of carboxylic acid groups (broad SMARTS) is 1. The van der Waals surface area contributed by atoms with E-state index in [-0.39, 0.29) is 56.8 Å². The zero-order valence-corrected chi connectivity index (χ0v) is 21.1. The number of carbonyl (C=O) groups is 2. The molecule has 12 heteroatoms. The molecule has 4 rings (SSSR count). The Bertz CT molecular complexity index is 1350. The lowest BCUT2D eigenvalue weighted by Crippen LogP contribution is -2.46. The Morgan fingerprint density at radius 2 is 2.22 bits per heavy atom. The molecular formula is C24H23ClFN5O4S. The van der Waals surface area contributed by atoms with Gasteiger partial charge in [-0.05, 0) is 38.3 Å². The minimum atomic E-state index is -1.21. The van der Waals surface area contributed by atoms with Gasteiger partial charge in [0.25, 0.3) is 0 Å². The first-order valence-electron chi connectivity index (χ1n) is 11.3. The third-order valence-electron chi connectivity index (χ3n) is 6.09. The number of carbonyl (C=O) groups excluding carboxylic acids is 1. The molecule has 36 heavy (non-hydrogen) atoms. The highest BCUT2D eigenvalue weighted by Gasteiger charge is 2.35. The molecule has 2 N–H and O–H groups in total. The molecule has 1 aliphatic rings. The van der Waals surface area contributed by atoms with E-state index in [1.54, 1.807) is 6.92 Å². The van der Waals surface area contributed by atoms with Gasteiger partial charge in [-0.1, -0.05) is 22.9 Å². The zero-order chi connectivity index (χ0) is 26.0. The summed E-state index contributed by atoms with van der Waals surface area (Å²) < 4.78 is 20.3. The number of ether oxygens (including phenoxy) is 1. The standard InChI is InChI=1S/C24H23ClFN5O4S/c1-3-35-17-11-31(8-6-13(17)9-16(32)19-14(10-27)18(25)12(2)29-19)24-30-21(22(36-24)23(33)34)20-15(26)5-4-7-28-20/h4-5,7,13,17,29H,3,6,8-9,11H2,1-2H3,(H,33,34)/t13-,17-/m0/s1. The van der Waals surface area contributed by atoms with E-state index in [0.717, 1.165) is 11.3 Å². The molecule has 188 valence electrons. The van der Waals surface area contributed by atoms with Gasteiger partial charge < -0.3 is 19.7 Å². The number of H-pyrrole nitrogens is 1. The highest BCUT2D eigenvalue weighted by Crippen LogP contribution is 2.36. The number of aryl methyl sites for hydroxylation is 1. The molecule has 0 bridgehead atoms. The molecule has 0 aromatic carbocycles. The molecule has 2 atom stereocenters. The molecule has 0 spiro atoms. The van der Waals surface area contributed by atoms with Crippen molar-refractivity contribution < 1.29 is 23.8 Å². The Morgan fingerprint density at radius 1 is 1.44 bits per heavy atom. The summed E-state index contributed by atoms with van der Waals surface area (Å²) in [6.07, 6.45) is 1.78. The number of aromatic amines is 1. The van der Waals surface area contributed by atoms with Gasteiger partial charge in [-0.15, -0.1) is 0 Å². The van der Waals surface area contributed by atoms with E-state index < -0.39 is 11.8 Å². The summed E-state index contributed by atoms with van der Waals surface area (Å²) in [6.45, 7) is 4.84. The Hall–Kier alpha value is -3.33. The molecular weight excluding hydrogens is 509 g/mol. The lowest BCUT2D eigenvalue weighted by molar-refractivity contribution is 0.0103. The lowest BCUT2D eigenvalue weighted by atomic mass is 9.88. The van der Waals surface area contributed by atoms with Crippen LogP contribution in [0.15, 0.2) is 18.3 Å². The molecule has 3 aromatic rings. The van der Waals surface area contributed by atoms with Crippen LogP contribution in [0.25, 0.3) is 11.4 Å². The van der Waals surface area contributed by atoms with Gasteiger partial charge in [0.1, 0.15) is 28.0 Å². The second-order valence-electron chi connectivity index (χ2n) is 8.35. The number of hydrogen-bond donors (Lipinski definition) is 2. The fourth-order valence-corrected chi connectivity index (χ4v) is 5.47. The fourth-order valence-electron chi connectivity index (χ4n) is 4.34. The second-order valence-corrected chi connectivity index (χ2v) is 9.71. The van der Waals surface area contributed by atoms with E-state index in [1.165, 1.54) is 18.3 Å². The summed E-state index contributed by atoms with van der Waals surface area (Å²) in [5.74, 6) is -2.22. The number of aromatic nitrogens is 3. The quantitative estimate of drug-likeness (QED) is 0.399. The topological polar surface area (TPSA) is 132 Å². The van der Waals surface area contributed by atoms with Gasteiger partial charge in [-0.2, -0.15) is 5.26 Å². The van der Waals surface area contributed by atoms with E-state index in [0.29, 0.717) is 36.9 Å². The van der Waals surface area contributed by atoms with Gasteiger partial charge in [0.05, 0.1) is 16.7 Å². The monoisotopic (exact) mass is 531 g/mol. The van der Waals surface area contributed by atoms with Crippen molar-refractivity contribution in [2.75, 3.05) is 24.6 Å². The van der Waals surface area contributed by atoms with Crippen LogP contribution in [0.3, 0.4) is 0 Å². The smallest absolute Gasteiger partial charge is 0.348 e. The number of aromatic carboxylic acids is 1. The minimum Gasteiger partial charge on any atom is -0.477 e. The first kappa shape index (κ1) is 25.8. The number of pyridine rings is 1. The summed E-state index contributed by atoms with van der Waals surface area (Å²) in [7, 11) is 0. The molecule has 4 heterocycles. The van der Waals surface area contributed by atoms with Crippen LogP contribution in [-0.4, -0.2) is 57.6 Å². The van der Waals surface area contributed by atoms with Crippen LogP contribution in [0.2, 0.25) is 5.02 Å². The third kappa shape index (κ3) is 4.97. The zero-order valence-electron chi connectivity index (χ0n) is 19.5. The van der Waals surface area contributed by atoms with Crippen molar-refractivity contribution in [2.24, 2.45) is 5.92 Å². The maximum Gasteiger partial charge on any atom is 0.348 e. The van der Waals surface area contributed by atoms with Crippen LogP contribution in [0.5, 0.6) is 0 Å². The van der Waals surface area contributed by atoms with Crippen LogP contribution in [-0.2, 0) is 4.74 Å². The van der Waals surface area contributed by atoms with Crippen molar-refractivity contribution in [3.05, 3.63) is 51.0 Å². The van der Waals surface area contributed by atoms with Crippen molar-refractivity contribution in [3.8, 4) is 17.5 Å². The average molecular weight is 532 g/mol. The SMILES string of the molecule is CCO[C@H]1CN(c2nc(-c3ncccc3F)c(C(=O)O)s2)CC[C@H]1CC(=O)c1[nH]c(C)c(Cl)c1C#N. The fraction of sp³-hybridized carbons (Fsp3) is 0.375. The molecule has 0 saturated carbocycles. The first-order valence-corrected chi connectivity index (χ1v) is 12.5. The van der Waals surface area contributed by atoms with Crippen LogP contribution in [0, 0.1) is 30.0 Å². The Kier molecular flexibility index (Phi) is 7.68. The van der Waals surface area contributed by atoms with Gasteiger partial charge in [-0.3, -0.25) is 9.78 Å². The number of nitrogens with zero attached hydrogens (tertiary/aromatic N) is 4. The largest absolute Gasteiger partial charge is 0.477 e. The lowest BCUT2D eigenvalue weighted by Gasteiger charge is -2.38. The number of thiazole rings is 1. The van der Waals surface area contributed by atoms with Gasteiger partial charge in [0.2, 0.25) is 0 Å². The van der Waals surface area contributed by atoms with Crippen LogP contribution in [0.4, 0.5) is 9.52 Å². The summed E-state index contributed by atoms with van der Waals surface area (Å²) in [5.41, 5.74) is 0.765. The summed E-state index contributed by atoms with van der Waals surface area (Å²) in [6, 6.07) is 4.62. The molecule has 9 nitrogen and oxygen atoms in total. The number of rotatable bonds is 8. The Balaban J connectivity index is 1.56. The summed E-state index contributed by atoms with van der Waals surface area (Å²) >= 11 is 7.09. The number of ketones is 1. The maximum absolute atomic E-state index is 14.3. The number of halogens is 2. The average Bonchev–Trinajstić information content (AvgIpc) is 3.42. The van der Waals surface area contributed by atoms with E-state index in [1.807, 2.05) is 17.9 Å². The molecule has 0 amide bonds. The Morgan fingerprint density at radius 3 is 2.89 bits per heavy atom. The highest BCUT2D eigenvalue weighted by molar-refractivity contribution is 7.17. The third-order valence-corrected chi connectivity index (χ3v) is 7.67. The van der Waals surface area contributed by atoms with Gasteiger partial charge in [0.15, 0.2) is 16.7 Å². The first-order chi connectivity index (χ1) is 17.2. The van der Waals surface area contributed by atoms with E-state index >= 15 is 0 Å². The molecule has 1 saturated heterocycles. The van der Waals surface area contributed by atoms with Gasteiger partial charge in [-0.25, -0.2) is 14.2 Å². The van der Waals surface area contributed by atoms with E-state index in [4.69, 9.17) is 16.3 Å². The van der Waals surface area contributed by atoms with Crippen molar-refractivity contribution in [3.63, 3.8) is 0 Å².